The maximum Gasteiger partial charge on any atom is 0.260 e. The van der Waals surface area contributed by atoms with Crippen LogP contribution in [0.25, 0.3) is 0 Å². The minimum Gasteiger partial charge on any atom is -0.489 e. The lowest BCUT2D eigenvalue weighted by molar-refractivity contribution is -0.133. The Morgan fingerprint density at radius 1 is 0.897 bits per heavy atom. The fourth-order valence-corrected chi connectivity index (χ4v) is 3.52. The molecule has 0 N–H and O–H groups in total. The van der Waals surface area contributed by atoms with Gasteiger partial charge in [-0.05, 0) is 37.1 Å². The first-order valence-electron chi connectivity index (χ1n) is 10.0. The molecule has 1 saturated heterocycles. The molecule has 0 radical (unpaired) electrons. The van der Waals surface area contributed by atoms with Gasteiger partial charge < -0.3 is 24.0 Å². The van der Waals surface area contributed by atoms with Crippen LogP contribution in [0, 0.1) is 13.8 Å². The second-order valence-electron chi connectivity index (χ2n) is 7.19. The molecule has 1 fully saturated rings. The van der Waals surface area contributed by atoms with Crippen molar-refractivity contribution in [2.45, 2.75) is 13.8 Å². The molecule has 29 heavy (non-hydrogen) atoms. The van der Waals surface area contributed by atoms with Crippen molar-refractivity contribution in [1.29, 1.82) is 0 Å². The van der Waals surface area contributed by atoms with Gasteiger partial charge in [-0.25, -0.2) is 0 Å². The predicted molar refractivity (Wildman–Crippen MR) is 114 cm³/mol. The van der Waals surface area contributed by atoms with Crippen LogP contribution in [0.2, 0.25) is 0 Å². The molecule has 0 spiro atoms. The van der Waals surface area contributed by atoms with E-state index < -0.39 is 0 Å². The number of nitrogens with zero attached hydrogens (tertiary/aromatic N) is 2. The fourth-order valence-electron chi connectivity index (χ4n) is 3.52. The van der Waals surface area contributed by atoms with Crippen LogP contribution in [0.4, 0.5) is 5.69 Å². The van der Waals surface area contributed by atoms with E-state index in [2.05, 4.69) is 11.0 Å². The molecule has 1 aliphatic rings. The van der Waals surface area contributed by atoms with Crippen molar-refractivity contribution in [2.75, 3.05) is 58.0 Å². The maximum atomic E-state index is 12.6. The average Bonchev–Trinajstić information content (AvgIpc) is 2.74. The lowest BCUT2D eigenvalue weighted by Gasteiger charge is -2.36. The number of benzene rings is 2. The molecule has 2 aromatic carbocycles. The number of amides is 1. The molecule has 1 heterocycles. The summed E-state index contributed by atoms with van der Waals surface area (Å²) < 4.78 is 16.7. The Bertz CT molecular complexity index is 796. The van der Waals surface area contributed by atoms with Crippen molar-refractivity contribution < 1.29 is 19.0 Å². The number of carbonyl (C=O) groups excluding carboxylic acids is 1. The third kappa shape index (κ3) is 5.41. The van der Waals surface area contributed by atoms with Gasteiger partial charge >= 0.3 is 0 Å². The molecule has 1 amide bonds. The van der Waals surface area contributed by atoms with E-state index in [0.717, 1.165) is 41.4 Å². The van der Waals surface area contributed by atoms with Gasteiger partial charge in [-0.1, -0.05) is 30.3 Å². The maximum absolute atomic E-state index is 12.6. The fraction of sp³-hybridized carbons (Fsp3) is 0.435. The number of para-hydroxylation sites is 3. The summed E-state index contributed by atoms with van der Waals surface area (Å²) in [6.45, 7) is 8.00. The topological polar surface area (TPSA) is 51.2 Å². The van der Waals surface area contributed by atoms with Gasteiger partial charge in [0.15, 0.2) is 6.61 Å². The summed E-state index contributed by atoms with van der Waals surface area (Å²) in [7, 11) is 1.66. The van der Waals surface area contributed by atoms with Crippen molar-refractivity contribution in [3.8, 4) is 11.5 Å². The molecular weight excluding hydrogens is 368 g/mol. The van der Waals surface area contributed by atoms with Crippen LogP contribution in [0.5, 0.6) is 11.5 Å². The normalized spacial score (nSPS) is 14.0. The van der Waals surface area contributed by atoms with Gasteiger partial charge in [0.05, 0.1) is 12.3 Å². The summed E-state index contributed by atoms with van der Waals surface area (Å²) in [4.78, 5) is 16.8. The molecule has 0 bridgehead atoms. The van der Waals surface area contributed by atoms with Crippen LogP contribution in [0.15, 0.2) is 42.5 Å². The van der Waals surface area contributed by atoms with Crippen LogP contribution in [-0.4, -0.2) is 63.9 Å². The molecular formula is C23H30N2O4. The van der Waals surface area contributed by atoms with Crippen molar-refractivity contribution in [3.05, 3.63) is 53.6 Å². The van der Waals surface area contributed by atoms with Crippen molar-refractivity contribution in [1.82, 2.24) is 4.90 Å². The number of anilines is 1. The minimum atomic E-state index is 0.0249. The molecule has 0 aliphatic carbocycles. The Morgan fingerprint density at radius 3 is 2.28 bits per heavy atom. The van der Waals surface area contributed by atoms with E-state index >= 15 is 0 Å². The van der Waals surface area contributed by atoms with Gasteiger partial charge in [0.2, 0.25) is 0 Å². The lowest BCUT2D eigenvalue weighted by Crippen LogP contribution is -2.50. The van der Waals surface area contributed by atoms with E-state index in [0.29, 0.717) is 26.3 Å². The van der Waals surface area contributed by atoms with E-state index in [1.807, 2.05) is 55.1 Å². The second kappa shape index (κ2) is 10.2. The van der Waals surface area contributed by atoms with Gasteiger partial charge in [0.25, 0.3) is 5.91 Å². The minimum absolute atomic E-state index is 0.0249. The van der Waals surface area contributed by atoms with E-state index in [-0.39, 0.29) is 12.5 Å². The number of piperazine rings is 1. The Kier molecular flexibility index (Phi) is 7.36. The van der Waals surface area contributed by atoms with Crippen LogP contribution in [0.1, 0.15) is 11.1 Å². The van der Waals surface area contributed by atoms with E-state index in [4.69, 9.17) is 14.2 Å². The van der Waals surface area contributed by atoms with Crippen molar-refractivity contribution in [3.63, 3.8) is 0 Å². The zero-order valence-electron chi connectivity index (χ0n) is 17.5. The molecule has 0 saturated carbocycles. The summed E-state index contributed by atoms with van der Waals surface area (Å²) >= 11 is 0. The number of rotatable bonds is 8. The monoisotopic (exact) mass is 398 g/mol. The first-order chi connectivity index (χ1) is 14.1. The molecule has 6 nitrogen and oxygen atoms in total. The molecule has 0 atom stereocenters. The van der Waals surface area contributed by atoms with Gasteiger partial charge in [0, 0.05) is 33.3 Å². The largest absolute Gasteiger partial charge is 0.489 e. The number of hydrogen-bond donors (Lipinski definition) is 0. The van der Waals surface area contributed by atoms with Gasteiger partial charge in [-0.3, -0.25) is 4.79 Å². The second-order valence-corrected chi connectivity index (χ2v) is 7.19. The Labute approximate surface area is 173 Å². The van der Waals surface area contributed by atoms with E-state index in [1.54, 1.807) is 7.11 Å². The molecule has 6 heteroatoms. The van der Waals surface area contributed by atoms with Crippen molar-refractivity contribution in [2.24, 2.45) is 0 Å². The zero-order chi connectivity index (χ0) is 20.6. The van der Waals surface area contributed by atoms with Crippen molar-refractivity contribution >= 4 is 11.6 Å². The summed E-state index contributed by atoms with van der Waals surface area (Å²) in [5, 5.41) is 0. The van der Waals surface area contributed by atoms with E-state index in [9.17, 15) is 4.79 Å². The first kappa shape index (κ1) is 21.0. The number of carbonyl (C=O) groups is 1. The third-order valence-corrected chi connectivity index (χ3v) is 5.13. The number of hydrogen-bond acceptors (Lipinski definition) is 5. The smallest absolute Gasteiger partial charge is 0.260 e. The molecule has 1 aliphatic heterocycles. The molecule has 0 aromatic heterocycles. The zero-order valence-corrected chi connectivity index (χ0v) is 17.5. The number of ether oxygens (including phenoxy) is 3. The van der Waals surface area contributed by atoms with Gasteiger partial charge in [-0.2, -0.15) is 0 Å². The Morgan fingerprint density at radius 2 is 1.59 bits per heavy atom. The predicted octanol–water partition coefficient (Wildman–Crippen LogP) is 3.06. The summed E-state index contributed by atoms with van der Waals surface area (Å²) in [5.41, 5.74) is 3.16. The standard InChI is InChI=1S/C23H30N2O4/c1-18-7-6-8-19(2)23(18)29-17-22(26)25-13-11-24(12-14-25)20-9-4-5-10-21(20)28-16-15-27-3/h4-10H,11-17H2,1-3H3. The quantitative estimate of drug-likeness (QED) is 0.640. The molecule has 0 unspecified atom stereocenters. The molecule has 156 valence electrons. The lowest BCUT2D eigenvalue weighted by atomic mass is 10.1. The average molecular weight is 399 g/mol. The molecule has 3 rings (SSSR count). The highest BCUT2D eigenvalue weighted by molar-refractivity contribution is 5.78. The summed E-state index contributed by atoms with van der Waals surface area (Å²) in [5.74, 6) is 1.68. The van der Waals surface area contributed by atoms with Crippen LogP contribution in [0.3, 0.4) is 0 Å². The van der Waals surface area contributed by atoms with Crippen LogP contribution < -0.4 is 14.4 Å². The highest BCUT2D eigenvalue weighted by atomic mass is 16.5. The van der Waals surface area contributed by atoms with Crippen LogP contribution >= 0.6 is 0 Å². The summed E-state index contributed by atoms with van der Waals surface area (Å²) in [6, 6.07) is 14.0. The number of aryl methyl sites for hydroxylation is 2. The number of methoxy groups -OCH3 is 1. The van der Waals surface area contributed by atoms with Gasteiger partial charge in [0.1, 0.15) is 18.1 Å². The van der Waals surface area contributed by atoms with E-state index in [1.165, 1.54) is 0 Å². The third-order valence-electron chi connectivity index (χ3n) is 5.13. The highest BCUT2D eigenvalue weighted by Gasteiger charge is 2.23. The Balaban J connectivity index is 1.53. The molecule has 2 aromatic rings. The highest BCUT2D eigenvalue weighted by Crippen LogP contribution is 2.29. The van der Waals surface area contributed by atoms with Gasteiger partial charge in [-0.15, -0.1) is 0 Å². The Hall–Kier alpha value is -2.73. The SMILES string of the molecule is COCCOc1ccccc1N1CCN(C(=O)COc2c(C)cccc2C)CC1. The summed E-state index contributed by atoms with van der Waals surface area (Å²) in [6.07, 6.45) is 0. The first-order valence-corrected chi connectivity index (χ1v) is 10.0. The van der Waals surface area contributed by atoms with Crippen LogP contribution in [-0.2, 0) is 9.53 Å².